The summed E-state index contributed by atoms with van der Waals surface area (Å²) in [6.45, 7) is 4.33. The molecule has 0 bridgehead atoms. The minimum Gasteiger partial charge on any atom is -0.340 e. The van der Waals surface area contributed by atoms with Gasteiger partial charge < -0.3 is 4.98 Å². The third kappa shape index (κ3) is 1.51. The normalized spacial score (nSPS) is 25.4. The number of hydrogen-bond donors (Lipinski definition) is 1. The number of nitrogens with one attached hydrogen (secondary N) is 1. The van der Waals surface area contributed by atoms with Crippen LogP contribution in [0.3, 0.4) is 0 Å². The van der Waals surface area contributed by atoms with Crippen LogP contribution in [-0.2, 0) is 0 Å². The van der Waals surface area contributed by atoms with E-state index < -0.39 is 0 Å². The van der Waals surface area contributed by atoms with E-state index in [0.29, 0.717) is 5.92 Å². The van der Waals surface area contributed by atoms with Gasteiger partial charge >= 0.3 is 0 Å². The largest absolute Gasteiger partial charge is 0.340 e. The molecule has 0 saturated heterocycles. The summed E-state index contributed by atoms with van der Waals surface area (Å²) >= 11 is 0. The predicted octanol–water partition coefficient (Wildman–Crippen LogP) is 3.17. The van der Waals surface area contributed by atoms with E-state index in [1.54, 1.807) is 0 Å². The molecule has 0 spiro atoms. The first kappa shape index (κ1) is 9.82. The Bertz CT molecular complexity index is 515. The molecule has 84 valence electrons. The molecule has 2 aromatic rings. The Hall–Kier alpha value is -1.38. The lowest BCUT2D eigenvalue weighted by Crippen LogP contribution is -2.03. The van der Waals surface area contributed by atoms with Crippen LogP contribution in [0.2, 0.25) is 0 Å². The Balaban J connectivity index is 2.04. The van der Waals surface area contributed by atoms with Crippen molar-refractivity contribution in [1.29, 1.82) is 0 Å². The monoisotopic (exact) mass is 215 g/mol. The predicted molar refractivity (Wildman–Crippen MR) is 64.4 cm³/mol. The Morgan fingerprint density at radius 2 is 2.12 bits per heavy atom. The van der Waals surface area contributed by atoms with Gasteiger partial charge in [-0.25, -0.2) is 9.97 Å². The molecule has 0 amide bonds. The highest BCUT2D eigenvalue weighted by atomic mass is 15.0. The average molecular weight is 215 g/mol. The number of nitrogens with zero attached hydrogens (tertiary/aromatic N) is 2. The molecule has 2 atom stereocenters. The Morgan fingerprint density at radius 3 is 2.88 bits per heavy atom. The maximum atomic E-state index is 4.64. The standard InChI is InChI=1S/C13H17N3/c1-8-4-3-5-10(8)12-15-11-7-6-9(2)14-13(11)16-12/h6-8,10H,3-5H2,1-2H3,(H,14,15,16). The van der Waals surface area contributed by atoms with Gasteiger partial charge in [0.25, 0.3) is 0 Å². The van der Waals surface area contributed by atoms with Gasteiger partial charge in [-0.3, -0.25) is 0 Å². The number of rotatable bonds is 1. The summed E-state index contributed by atoms with van der Waals surface area (Å²) in [6.07, 6.45) is 3.92. The number of pyridine rings is 1. The second-order valence-corrected chi connectivity index (χ2v) is 4.96. The van der Waals surface area contributed by atoms with Crippen molar-refractivity contribution in [3.63, 3.8) is 0 Å². The maximum absolute atomic E-state index is 4.64. The molecule has 3 rings (SSSR count). The molecule has 1 saturated carbocycles. The van der Waals surface area contributed by atoms with Crippen molar-refractivity contribution < 1.29 is 0 Å². The number of imidazole rings is 1. The van der Waals surface area contributed by atoms with Crippen molar-refractivity contribution in [3.05, 3.63) is 23.7 Å². The van der Waals surface area contributed by atoms with Gasteiger partial charge in [0.2, 0.25) is 0 Å². The number of fused-ring (bicyclic) bond motifs is 1. The molecule has 3 heteroatoms. The molecule has 3 nitrogen and oxygen atoms in total. The Labute approximate surface area is 95.3 Å². The summed E-state index contributed by atoms with van der Waals surface area (Å²) < 4.78 is 0. The second-order valence-electron chi connectivity index (χ2n) is 4.96. The quantitative estimate of drug-likeness (QED) is 0.793. The highest BCUT2D eigenvalue weighted by Crippen LogP contribution is 2.38. The summed E-state index contributed by atoms with van der Waals surface area (Å²) in [6, 6.07) is 4.11. The SMILES string of the molecule is Cc1ccc2[nH]c(C3CCCC3C)nc2n1. The summed E-state index contributed by atoms with van der Waals surface area (Å²) in [7, 11) is 0. The van der Waals surface area contributed by atoms with Crippen LogP contribution in [0.4, 0.5) is 0 Å². The zero-order valence-corrected chi connectivity index (χ0v) is 9.83. The van der Waals surface area contributed by atoms with Gasteiger partial charge in [0.15, 0.2) is 5.65 Å². The first-order valence-electron chi connectivity index (χ1n) is 6.07. The third-order valence-corrected chi connectivity index (χ3v) is 3.72. The van der Waals surface area contributed by atoms with Crippen LogP contribution in [0.25, 0.3) is 11.2 Å². The molecular formula is C13H17N3. The fraction of sp³-hybridized carbons (Fsp3) is 0.538. The van der Waals surface area contributed by atoms with Crippen LogP contribution in [0.5, 0.6) is 0 Å². The van der Waals surface area contributed by atoms with Gasteiger partial charge in [-0.1, -0.05) is 13.3 Å². The molecule has 1 aliphatic carbocycles. The van der Waals surface area contributed by atoms with Gasteiger partial charge in [0, 0.05) is 11.6 Å². The molecule has 1 fully saturated rings. The van der Waals surface area contributed by atoms with Crippen LogP contribution in [0, 0.1) is 12.8 Å². The summed E-state index contributed by atoms with van der Waals surface area (Å²) in [4.78, 5) is 12.5. The van der Waals surface area contributed by atoms with E-state index in [0.717, 1.165) is 28.6 Å². The lowest BCUT2D eigenvalue weighted by molar-refractivity contribution is 0.514. The van der Waals surface area contributed by atoms with Crippen LogP contribution < -0.4 is 0 Å². The van der Waals surface area contributed by atoms with Gasteiger partial charge in [-0.05, 0) is 37.8 Å². The summed E-state index contributed by atoms with van der Waals surface area (Å²) in [5.74, 6) is 2.49. The molecule has 0 radical (unpaired) electrons. The molecule has 0 aliphatic heterocycles. The van der Waals surface area contributed by atoms with Crippen LogP contribution in [0.1, 0.15) is 43.6 Å². The number of H-pyrrole nitrogens is 1. The van der Waals surface area contributed by atoms with Crippen molar-refractivity contribution >= 4 is 11.2 Å². The molecule has 1 aliphatic rings. The summed E-state index contributed by atoms with van der Waals surface area (Å²) in [5.41, 5.74) is 2.97. The highest BCUT2D eigenvalue weighted by molar-refractivity contribution is 5.70. The Kier molecular flexibility index (Phi) is 2.20. The van der Waals surface area contributed by atoms with Crippen molar-refractivity contribution in [1.82, 2.24) is 15.0 Å². The fourth-order valence-electron chi connectivity index (χ4n) is 2.73. The van der Waals surface area contributed by atoms with E-state index in [1.165, 1.54) is 19.3 Å². The zero-order valence-electron chi connectivity index (χ0n) is 9.83. The average Bonchev–Trinajstić information content (AvgIpc) is 2.82. The first-order chi connectivity index (χ1) is 7.74. The van der Waals surface area contributed by atoms with E-state index in [2.05, 4.69) is 27.9 Å². The van der Waals surface area contributed by atoms with Crippen LogP contribution in [0.15, 0.2) is 12.1 Å². The van der Waals surface area contributed by atoms with Crippen molar-refractivity contribution in [2.45, 2.75) is 39.0 Å². The van der Waals surface area contributed by atoms with Crippen LogP contribution in [-0.4, -0.2) is 15.0 Å². The molecule has 2 unspecified atom stereocenters. The third-order valence-electron chi connectivity index (χ3n) is 3.72. The number of hydrogen-bond acceptors (Lipinski definition) is 2. The van der Waals surface area contributed by atoms with Gasteiger partial charge in [-0.2, -0.15) is 0 Å². The van der Waals surface area contributed by atoms with Crippen molar-refractivity contribution in [2.24, 2.45) is 5.92 Å². The number of aromatic amines is 1. The van der Waals surface area contributed by atoms with E-state index in [9.17, 15) is 0 Å². The molecule has 2 aromatic heterocycles. The van der Waals surface area contributed by atoms with Gasteiger partial charge in [0.1, 0.15) is 5.82 Å². The molecular weight excluding hydrogens is 198 g/mol. The molecule has 2 heterocycles. The topological polar surface area (TPSA) is 41.6 Å². The molecule has 1 N–H and O–H groups in total. The Morgan fingerprint density at radius 1 is 1.25 bits per heavy atom. The number of aromatic nitrogens is 3. The lowest BCUT2D eigenvalue weighted by Gasteiger charge is -2.11. The lowest BCUT2D eigenvalue weighted by atomic mass is 9.98. The van der Waals surface area contributed by atoms with E-state index >= 15 is 0 Å². The van der Waals surface area contributed by atoms with E-state index in [4.69, 9.17) is 0 Å². The first-order valence-corrected chi connectivity index (χ1v) is 6.07. The highest BCUT2D eigenvalue weighted by Gasteiger charge is 2.27. The minimum atomic E-state index is 0.606. The maximum Gasteiger partial charge on any atom is 0.177 e. The zero-order chi connectivity index (χ0) is 11.1. The van der Waals surface area contributed by atoms with Crippen molar-refractivity contribution in [2.75, 3.05) is 0 Å². The minimum absolute atomic E-state index is 0.606. The fourth-order valence-corrected chi connectivity index (χ4v) is 2.73. The summed E-state index contributed by atoms with van der Waals surface area (Å²) in [5, 5.41) is 0. The smallest absolute Gasteiger partial charge is 0.177 e. The van der Waals surface area contributed by atoms with E-state index in [1.807, 2.05) is 13.0 Å². The second kappa shape index (κ2) is 3.58. The molecule has 0 aromatic carbocycles. The molecule has 16 heavy (non-hydrogen) atoms. The van der Waals surface area contributed by atoms with Gasteiger partial charge in [0.05, 0.1) is 5.52 Å². The number of aryl methyl sites for hydroxylation is 1. The van der Waals surface area contributed by atoms with Crippen LogP contribution >= 0.6 is 0 Å². The van der Waals surface area contributed by atoms with E-state index in [-0.39, 0.29) is 0 Å². The van der Waals surface area contributed by atoms with Crippen molar-refractivity contribution in [3.8, 4) is 0 Å². The van der Waals surface area contributed by atoms with Gasteiger partial charge in [-0.15, -0.1) is 0 Å².